The van der Waals surface area contributed by atoms with Gasteiger partial charge in [0.1, 0.15) is 46.2 Å². The van der Waals surface area contributed by atoms with Gasteiger partial charge in [0, 0.05) is 23.3 Å². The largest absolute Gasteiger partial charge is 0.432 e. The third-order valence-electron chi connectivity index (χ3n) is 4.88. The summed E-state index contributed by atoms with van der Waals surface area (Å²) in [4.78, 5) is 0. The molecule has 0 saturated carbocycles. The molecular weight excluding hydrogens is 468 g/mol. The van der Waals surface area contributed by atoms with Gasteiger partial charge in [-0.1, -0.05) is 18.2 Å². The van der Waals surface area contributed by atoms with Crippen molar-refractivity contribution in [1.29, 1.82) is 0 Å². The summed E-state index contributed by atoms with van der Waals surface area (Å²) in [5.41, 5.74) is -2.80. The van der Waals surface area contributed by atoms with Gasteiger partial charge in [-0.3, -0.25) is 0 Å². The van der Waals surface area contributed by atoms with Gasteiger partial charge in [0.15, 0.2) is 0 Å². The Labute approximate surface area is 187 Å². The normalized spacial score (nSPS) is 11.5. The van der Waals surface area contributed by atoms with Crippen molar-refractivity contribution in [3.63, 3.8) is 0 Å². The molecule has 0 bridgehead atoms. The molecule has 4 rings (SSSR count). The summed E-state index contributed by atoms with van der Waals surface area (Å²) in [6.45, 7) is 0. The summed E-state index contributed by atoms with van der Waals surface area (Å²) in [6.07, 6.45) is -4.58. The first kappa shape index (κ1) is 23.3. The maximum atomic E-state index is 14.6. The SMILES string of the molecule is Fc1cc(F)cc(-c2ccc(OC(F)(F)c3c(F)cc(-c4ccccc4F)cc3F)cc2F)c1. The molecule has 4 aromatic rings. The van der Waals surface area contributed by atoms with Crippen molar-refractivity contribution < 1.29 is 39.9 Å². The lowest BCUT2D eigenvalue weighted by molar-refractivity contribution is -0.189. The van der Waals surface area contributed by atoms with Gasteiger partial charge in [0.05, 0.1) is 0 Å². The quantitative estimate of drug-likeness (QED) is 0.263. The van der Waals surface area contributed by atoms with Crippen molar-refractivity contribution in [3.8, 4) is 28.0 Å². The van der Waals surface area contributed by atoms with E-state index < -0.39 is 52.3 Å². The molecule has 0 unspecified atom stereocenters. The third-order valence-corrected chi connectivity index (χ3v) is 4.88. The summed E-state index contributed by atoms with van der Waals surface area (Å²) in [5.74, 6) is -8.18. The molecule has 0 aliphatic heterocycles. The van der Waals surface area contributed by atoms with Crippen LogP contribution in [0.4, 0.5) is 35.1 Å². The van der Waals surface area contributed by atoms with Gasteiger partial charge in [-0.25, -0.2) is 26.3 Å². The van der Waals surface area contributed by atoms with Crippen LogP contribution in [0.15, 0.2) is 72.8 Å². The zero-order valence-corrected chi connectivity index (χ0v) is 16.9. The standard InChI is InChI=1S/C25H12F8O/c26-15-7-13(8-16(27)11-15)19-6-5-17(12-21(19)29)34-25(32,33)24-22(30)9-14(10-23(24)31)18-3-1-2-4-20(18)28/h1-12H. The Morgan fingerprint density at radius 1 is 0.529 bits per heavy atom. The summed E-state index contributed by atoms with van der Waals surface area (Å²) >= 11 is 0. The van der Waals surface area contributed by atoms with Crippen LogP contribution in [0.1, 0.15) is 5.56 Å². The van der Waals surface area contributed by atoms with E-state index in [-0.39, 0.29) is 22.3 Å². The number of hydrogen-bond donors (Lipinski definition) is 0. The van der Waals surface area contributed by atoms with E-state index in [2.05, 4.69) is 4.74 Å². The molecule has 1 nitrogen and oxygen atoms in total. The molecule has 0 heterocycles. The van der Waals surface area contributed by atoms with E-state index in [4.69, 9.17) is 0 Å². The smallest absolute Gasteiger partial charge is 0.429 e. The minimum Gasteiger partial charge on any atom is -0.429 e. The molecule has 0 radical (unpaired) electrons. The number of ether oxygens (including phenoxy) is 1. The average molecular weight is 480 g/mol. The summed E-state index contributed by atoms with van der Waals surface area (Å²) in [6, 6.07) is 10.5. The monoisotopic (exact) mass is 480 g/mol. The predicted octanol–water partition coefficient (Wildman–Crippen LogP) is 7.98. The van der Waals surface area contributed by atoms with Crippen LogP contribution in [-0.2, 0) is 6.11 Å². The van der Waals surface area contributed by atoms with E-state index in [0.29, 0.717) is 24.3 Å². The molecular formula is C25H12F8O. The second kappa shape index (κ2) is 8.81. The predicted molar refractivity (Wildman–Crippen MR) is 108 cm³/mol. The number of halogens is 8. The van der Waals surface area contributed by atoms with Crippen LogP contribution in [0.2, 0.25) is 0 Å². The third kappa shape index (κ3) is 4.59. The Balaban J connectivity index is 1.65. The summed E-state index contributed by atoms with van der Waals surface area (Å²) < 4.78 is 118. The molecule has 9 heteroatoms. The molecule has 0 spiro atoms. The molecule has 0 aromatic heterocycles. The van der Waals surface area contributed by atoms with Crippen molar-refractivity contribution in [1.82, 2.24) is 0 Å². The lowest BCUT2D eigenvalue weighted by atomic mass is 10.0. The lowest BCUT2D eigenvalue weighted by Gasteiger charge is -2.20. The zero-order chi connectivity index (χ0) is 24.6. The molecule has 4 aromatic carbocycles. The van der Waals surface area contributed by atoms with Crippen molar-refractivity contribution in [2.24, 2.45) is 0 Å². The molecule has 0 fully saturated rings. The Kier molecular flexibility index (Phi) is 6.03. The molecule has 174 valence electrons. The fourth-order valence-corrected chi connectivity index (χ4v) is 3.40. The first-order chi connectivity index (χ1) is 16.0. The van der Waals surface area contributed by atoms with Crippen LogP contribution in [-0.4, -0.2) is 0 Å². The zero-order valence-electron chi connectivity index (χ0n) is 16.9. The van der Waals surface area contributed by atoms with Crippen molar-refractivity contribution in [2.45, 2.75) is 6.11 Å². The Bertz CT molecular complexity index is 1340. The van der Waals surface area contributed by atoms with Crippen molar-refractivity contribution in [3.05, 3.63) is 113 Å². The van der Waals surface area contributed by atoms with E-state index in [1.165, 1.54) is 18.2 Å². The van der Waals surface area contributed by atoms with Crippen LogP contribution in [0, 0.1) is 34.9 Å². The molecule has 0 N–H and O–H groups in total. The van der Waals surface area contributed by atoms with Crippen molar-refractivity contribution >= 4 is 0 Å². The molecule has 0 saturated heterocycles. The van der Waals surface area contributed by atoms with Crippen LogP contribution in [0.5, 0.6) is 5.75 Å². The highest BCUT2D eigenvalue weighted by molar-refractivity contribution is 5.66. The molecule has 0 aliphatic carbocycles. The maximum absolute atomic E-state index is 14.6. The number of alkyl halides is 2. The van der Waals surface area contributed by atoms with Crippen LogP contribution >= 0.6 is 0 Å². The minimum atomic E-state index is -4.58. The Hall–Kier alpha value is -3.88. The second-order valence-electron chi connectivity index (χ2n) is 7.21. The van der Waals surface area contributed by atoms with Crippen molar-refractivity contribution in [2.75, 3.05) is 0 Å². The van der Waals surface area contributed by atoms with E-state index in [0.717, 1.165) is 30.3 Å². The van der Waals surface area contributed by atoms with Gasteiger partial charge in [0.25, 0.3) is 0 Å². The van der Waals surface area contributed by atoms with Crippen LogP contribution < -0.4 is 4.74 Å². The van der Waals surface area contributed by atoms with Gasteiger partial charge in [0.2, 0.25) is 0 Å². The Morgan fingerprint density at radius 2 is 1.09 bits per heavy atom. The first-order valence-electron chi connectivity index (χ1n) is 9.62. The van der Waals surface area contributed by atoms with Gasteiger partial charge >= 0.3 is 6.11 Å². The summed E-state index contributed by atoms with van der Waals surface area (Å²) in [7, 11) is 0. The summed E-state index contributed by atoms with van der Waals surface area (Å²) in [5, 5.41) is 0. The minimum absolute atomic E-state index is 0.200. The van der Waals surface area contributed by atoms with Gasteiger partial charge in [-0.2, -0.15) is 8.78 Å². The van der Waals surface area contributed by atoms with E-state index in [9.17, 15) is 35.1 Å². The Morgan fingerprint density at radius 3 is 1.68 bits per heavy atom. The molecule has 0 amide bonds. The van der Waals surface area contributed by atoms with E-state index >= 15 is 0 Å². The van der Waals surface area contributed by atoms with Gasteiger partial charge < -0.3 is 4.74 Å². The highest BCUT2D eigenvalue weighted by Gasteiger charge is 2.41. The van der Waals surface area contributed by atoms with Gasteiger partial charge in [-0.05, 0) is 53.6 Å². The molecule has 0 aliphatic rings. The fourth-order valence-electron chi connectivity index (χ4n) is 3.40. The number of benzene rings is 4. The van der Waals surface area contributed by atoms with Crippen LogP contribution in [0.25, 0.3) is 22.3 Å². The highest BCUT2D eigenvalue weighted by Crippen LogP contribution is 2.38. The van der Waals surface area contributed by atoms with Crippen LogP contribution in [0.3, 0.4) is 0 Å². The topological polar surface area (TPSA) is 9.23 Å². The lowest BCUT2D eigenvalue weighted by Crippen LogP contribution is -2.25. The van der Waals surface area contributed by atoms with E-state index in [1.54, 1.807) is 0 Å². The first-order valence-corrected chi connectivity index (χ1v) is 9.62. The number of hydrogen-bond acceptors (Lipinski definition) is 1. The highest BCUT2D eigenvalue weighted by atomic mass is 19.3. The maximum Gasteiger partial charge on any atom is 0.432 e. The van der Waals surface area contributed by atoms with E-state index in [1.807, 2.05) is 0 Å². The second-order valence-corrected chi connectivity index (χ2v) is 7.21. The molecule has 0 atom stereocenters. The average Bonchev–Trinajstić information content (AvgIpc) is 2.72. The number of rotatable bonds is 5. The van der Waals surface area contributed by atoms with Gasteiger partial charge in [-0.15, -0.1) is 0 Å². The fraction of sp³-hybridized carbons (Fsp3) is 0.0400. The molecule has 34 heavy (non-hydrogen) atoms.